The molecular weight excluding hydrogens is 394 g/mol. The molecule has 31 heavy (non-hydrogen) atoms. The van der Waals surface area contributed by atoms with E-state index < -0.39 is 12.1 Å². The first-order valence-corrected chi connectivity index (χ1v) is 9.79. The fourth-order valence-corrected chi connectivity index (χ4v) is 3.60. The molecule has 0 unspecified atom stereocenters. The molecule has 0 saturated carbocycles. The normalized spacial score (nSPS) is 11.8. The molecule has 156 valence electrons. The van der Waals surface area contributed by atoms with Crippen LogP contribution in [0.1, 0.15) is 39.0 Å². The molecule has 0 bridgehead atoms. The Kier molecular flexibility index (Phi) is 5.44. The van der Waals surface area contributed by atoms with E-state index in [1.807, 2.05) is 54.8 Å². The molecule has 0 aliphatic heterocycles. The number of hydrogen-bond acceptors (Lipinski definition) is 6. The van der Waals surface area contributed by atoms with Crippen molar-refractivity contribution in [3.63, 3.8) is 0 Å². The Morgan fingerprint density at radius 2 is 1.68 bits per heavy atom. The summed E-state index contributed by atoms with van der Waals surface area (Å²) in [5.41, 5.74) is 3.95. The fraction of sp³-hybridized carbons (Fsp3) is 0.174. The predicted octanol–water partition coefficient (Wildman–Crippen LogP) is 3.50. The molecular formula is C23H21N5O3. The summed E-state index contributed by atoms with van der Waals surface area (Å²) in [6, 6.07) is 18.4. The molecule has 4 aromatic rings. The maximum Gasteiger partial charge on any atom is 0.341 e. The average Bonchev–Trinajstić information content (AvgIpc) is 3.42. The predicted molar refractivity (Wildman–Crippen MR) is 114 cm³/mol. The minimum absolute atomic E-state index is 0.261. The molecule has 0 aliphatic rings. The number of nitrogens with zero attached hydrogens (tertiary/aromatic N) is 5. The minimum atomic E-state index is -0.959. The van der Waals surface area contributed by atoms with Crippen LogP contribution in [0, 0.1) is 13.8 Å². The lowest BCUT2D eigenvalue weighted by Crippen LogP contribution is -2.25. The van der Waals surface area contributed by atoms with E-state index in [2.05, 4.69) is 15.5 Å². The van der Waals surface area contributed by atoms with Gasteiger partial charge in [0.2, 0.25) is 5.78 Å². The summed E-state index contributed by atoms with van der Waals surface area (Å²) >= 11 is 0. The lowest BCUT2D eigenvalue weighted by Gasteiger charge is -2.14. The highest BCUT2D eigenvalue weighted by atomic mass is 16.5. The van der Waals surface area contributed by atoms with Crippen molar-refractivity contribution in [2.75, 3.05) is 0 Å². The number of esters is 1. The van der Waals surface area contributed by atoms with E-state index >= 15 is 0 Å². The van der Waals surface area contributed by atoms with Crippen molar-refractivity contribution < 1.29 is 14.3 Å². The van der Waals surface area contributed by atoms with Gasteiger partial charge in [-0.1, -0.05) is 30.3 Å². The highest BCUT2D eigenvalue weighted by Gasteiger charge is 2.26. The minimum Gasteiger partial charge on any atom is -0.451 e. The number of hydrogen-bond donors (Lipinski definition) is 0. The van der Waals surface area contributed by atoms with Gasteiger partial charge in [0.15, 0.2) is 6.10 Å². The number of rotatable bonds is 6. The number of benzene rings is 2. The quantitative estimate of drug-likeness (QED) is 0.354. The van der Waals surface area contributed by atoms with Crippen molar-refractivity contribution in [1.29, 1.82) is 0 Å². The fourth-order valence-electron chi connectivity index (χ4n) is 3.60. The number of carbonyl (C=O) groups is 2. The van der Waals surface area contributed by atoms with Gasteiger partial charge in [-0.3, -0.25) is 4.79 Å². The second-order valence-electron chi connectivity index (χ2n) is 7.14. The summed E-state index contributed by atoms with van der Waals surface area (Å²) in [7, 11) is 0. The van der Waals surface area contributed by atoms with Crippen LogP contribution in [0.15, 0.2) is 67.0 Å². The van der Waals surface area contributed by atoms with E-state index in [-0.39, 0.29) is 11.3 Å². The van der Waals surface area contributed by atoms with E-state index in [0.717, 1.165) is 17.1 Å². The number of tetrazole rings is 1. The molecule has 0 radical (unpaired) electrons. The maximum absolute atomic E-state index is 13.1. The molecule has 0 amide bonds. The molecule has 1 atom stereocenters. The van der Waals surface area contributed by atoms with Gasteiger partial charge in [-0.2, -0.15) is 4.68 Å². The van der Waals surface area contributed by atoms with Gasteiger partial charge in [0.25, 0.3) is 0 Å². The van der Waals surface area contributed by atoms with Crippen LogP contribution >= 0.6 is 0 Å². The SMILES string of the molecule is Cc1cc(C(=O)[C@@H](C)OC(=O)c2ccccc2-n2cnnn2)c(C)n1-c1ccccc1. The van der Waals surface area contributed by atoms with Crippen LogP contribution in [0.3, 0.4) is 0 Å². The molecule has 2 aromatic carbocycles. The molecule has 8 heteroatoms. The Morgan fingerprint density at radius 3 is 2.39 bits per heavy atom. The number of aryl methyl sites for hydroxylation is 1. The molecule has 2 aromatic heterocycles. The number of carbonyl (C=O) groups excluding carboxylic acids is 2. The number of ether oxygens (including phenoxy) is 1. The van der Waals surface area contributed by atoms with E-state index in [1.54, 1.807) is 31.2 Å². The summed E-state index contributed by atoms with van der Waals surface area (Å²) in [5, 5.41) is 11.0. The van der Waals surface area contributed by atoms with Crippen LogP contribution in [0.25, 0.3) is 11.4 Å². The summed E-state index contributed by atoms with van der Waals surface area (Å²) in [6.45, 7) is 5.40. The molecule has 2 heterocycles. The first kappa shape index (κ1) is 20.2. The molecule has 0 spiro atoms. The van der Waals surface area contributed by atoms with Crippen molar-refractivity contribution >= 4 is 11.8 Å². The number of para-hydroxylation sites is 2. The number of aromatic nitrogens is 5. The van der Waals surface area contributed by atoms with Crippen LogP contribution < -0.4 is 0 Å². The second-order valence-corrected chi connectivity index (χ2v) is 7.14. The largest absolute Gasteiger partial charge is 0.451 e. The highest BCUT2D eigenvalue weighted by molar-refractivity contribution is 6.03. The van der Waals surface area contributed by atoms with E-state index in [9.17, 15) is 9.59 Å². The Balaban J connectivity index is 1.58. The Labute approximate surface area is 179 Å². The van der Waals surface area contributed by atoms with Crippen LogP contribution in [-0.4, -0.2) is 42.6 Å². The zero-order chi connectivity index (χ0) is 22.0. The monoisotopic (exact) mass is 415 g/mol. The van der Waals surface area contributed by atoms with Crippen LogP contribution in [-0.2, 0) is 4.74 Å². The summed E-state index contributed by atoms with van der Waals surface area (Å²) in [6.07, 6.45) is 0.429. The lowest BCUT2D eigenvalue weighted by molar-refractivity contribution is 0.0318. The Hall–Kier alpha value is -4.07. The van der Waals surface area contributed by atoms with E-state index in [1.165, 1.54) is 11.0 Å². The van der Waals surface area contributed by atoms with Crippen molar-refractivity contribution in [2.45, 2.75) is 26.9 Å². The molecule has 0 fully saturated rings. The van der Waals surface area contributed by atoms with Crippen molar-refractivity contribution in [1.82, 2.24) is 24.8 Å². The molecule has 0 N–H and O–H groups in total. The molecule has 4 rings (SSSR count). The van der Waals surface area contributed by atoms with Gasteiger partial charge in [0.05, 0.1) is 11.3 Å². The first-order chi connectivity index (χ1) is 15.0. The van der Waals surface area contributed by atoms with Gasteiger partial charge in [0, 0.05) is 22.6 Å². The van der Waals surface area contributed by atoms with Crippen molar-refractivity contribution in [2.24, 2.45) is 0 Å². The van der Waals surface area contributed by atoms with Gasteiger partial charge in [-0.05, 0) is 61.5 Å². The van der Waals surface area contributed by atoms with Crippen LogP contribution in [0.2, 0.25) is 0 Å². The summed E-state index contributed by atoms with van der Waals surface area (Å²) in [4.78, 5) is 25.9. The molecule has 0 saturated heterocycles. The zero-order valence-electron chi connectivity index (χ0n) is 17.4. The van der Waals surface area contributed by atoms with Crippen molar-refractivity contribution in [3.8, 4) is 11.4 Å². The number of Topliss-reactive ketones (excluding diaryl/α,β-unsaturated/α-hetero) is 1. The number of ketones is 1. The zero-order valence-corrected chi connectivity index (χ0v) is 17.4. The standard InChI is InChI=1S/C23H21N5O3/c1-15-13-20(16(2)28(15)18-9-5-4-6-10-18)22(29)17(3)31-23(30)19-11-7-8-12-21(19)27-14-24-25-26-27/h4-14,17H,1-3H3/t17-/m1/s1. The second kappa shape index (κ2) is 8.35. The van der Waals surface area contributed by atoms with E-state index in [4.69, 9.17) is 4.74 Å². The van der Waals surface area contributed by atoms with Crippen LogP contribution in [0.4, 0.5) is 0 Å². The van der Waals surface area contributed by atoms with Gasteiger partial charge >= 0.3 is 5.97 Å². The van der Waals surface area contributed by atoms with Gasteiger partial charge < -0.3 is 9.30 Å². The topological polar surface area (TPSA) is 91.9 Å². The summed E-state index contributed by atoms with van der Waals surface area (Å²) in [5.74, 6) is -0.882. The third kappa shape index (κ3) is 3.87. The van der Waals surface area contributed by atoms with Gasteiger partial charge in [0.1, 0.15) is 6.33 Å². The average molecular weight is 415 g/mol. The smallest absolute Gasteiger partial charge is 0.341 e. The third-order valence-electron chi connectivity index (χ3n) is 5.08. The molecule has 0 aliphatic carbocycles. The van der Waals surface area contributed by atoms with Gasteiger partial charge in [-0.15, -0.1) is 5.10 Å². The molecule has 8 nitrogen and oxygen atoms in total. The van der Waals surface area contributed by atoms with Gasteiger partial charge in [-0.25, -0.2) is 4.79 Å². The maximum atomic E-state index is 13.1. The van der Waals surface area contributed by atoms with E-state index in [0.29, 0.717) is 11.3 Å². The third-order valence-corrected chi connectivity index (χ3v) is 5.08. The Morgan fingerprint density at radius 1 is 0.968 bits per heavy atom. The first-order valence-electron chi connectivity index (χ1n) is 9.79. The van der Waals surface area contributed by atoms with Crippen LogP contribution in [0.5, 0.6) is 0 Å². The van der Waals surface area contributed by atoms with Crippen molar-refractivity contribution in [3.05, 3.63) is 89.5 Å². The highest BCUT2D eigenvalue weighted by Crippen LogP contribution is 2.23. The lowest BCUT2D eigenvalue weighted by atomic mass is 10.1. The summed E-state index contributed by atoms with van der Waals surface area (Å²) < 4.78 is 8.90. The Bertz CT molecular complexity index is 1230.